The summed E-state index contributed by atoms with van der Waals surface area (Å²) in [4.78, 5) is 25.0. The highest BCUT2D eigenvalue weighted by Crippen LogP contribution is 2.43. The van der Waals surface area contributed by atoms with E-state index in [-0.39, 0.29) is 27.8 Å². The minimum Gasteiger partial charge on any atom is -0.476 e. The molecular weight excluding hydrogens is 326 g/mol. The molecule has 1 fully saturated rings. The van der Waals surface area contributed by atoms with Crippen LogP contribution in [0.25, 0.3) is 0 Å². The highest BCUT2D eigenvalue weighted by atomic mass is 35.5. The van der Waals surface area contributed by atoms with E-state index < -0.39 is 11.8 Å². The van der Waals surface area contributed by atoms with Crippen molar-refractivity contribution in [3.8, 4) is 0 Å². The molecule has 0 spiro atoms. The van der Waals surface area contributed by atoms with Gasteiger partial charge in [0.15, 0.2) is 5.76 Å². The zero-order valence-corrected chi connectivity index (χ0v) is 13.2. The highest BCUT2D eigenvalue weighted by molar-refractivity contribution is 7.98. The predicted molar refractivity (Wildman–Crippen MR) is 82.1 cm³/mol. The van der Waals surface area contributed by atoms with Crippen LogP contribution in [-0.4, -0.2) is 28.3 Å². The molecule has 0 unspecified atom stereocenters. The van der Waals surface area contributed by atoms with Crippen LogP contribution in [0.1, 0.15) is 50.9 Å². The third-order valence-electron chi connectivity index (χ3n) is 3.52. The molecule has 0 radical (unpaired) electrons. The van der Waals surface area contributed by atoms with Crippen LogP contribution in [0.4, 0.5) is 0 Å². The lowest BCUT2D eigenvalue weighted by Crippen LogP contribution is -2.10. The molecule has 0 bridgehead atoms. The predicted octanol–water partition coefficient (Wildman–Crippen LogP) is 3.86. The quantitative estimate of drug-likeness (QED) is 0.659. The van der Waals surface area contributed by atoms with Crippen LogP contribution < -0.4 is 0 Å². The standard InChI is InChI=1S/C15H12ClNO4S/c1-22-8-4-5-9(10(16)6-8)13(18)11-12(15(19)20)17-21-14(11)7-2-3-7/h4-7H,2-3H2,1H3,(H,19,20). The summed E-state index contributed by atoms with van der Waals surface area (Å²) in [5.74, 6) is -1.31. The SMILES string of the molecule is CSc1ccc(C(=O)c2c(C(=O)O)noc2C2CC2)c(Cl)c1. The Hall–Kier alpha value is -1.79. The normalized spacial score (nSPS) is 14.1. The molecule has 114 valence electrons. The number of thioether (sulfide) groups is 1. The molecular formula is C15H12ClNO4S. The summed E-state index contributed by atoms with van der Waals surface area (Å²) in [6, 6.07) is 5.06. The van der Waals surface area contributed by atoms with Crippen LogP contribution >= 0.6 is 23.4 Å². The number of ketones is 1. The number of hydrogen-bond donors (Lipinski definition) is 1. The largest absolute Gasteiger partial charge is 0.476 e. The van der Waals surface area contributed by atoms with Gasteiger partial charge >= 0.3 is 5.97 Å². The van der Waals surface area contributed by atoms with E-state index in [9.17, 15) is 14.7 Å². The van der Waals surface area contributed by atoms with Gasteiger partial charge in [0.2, 0.25) is 11.5 Å². The fourth-order valence-corrected chi connectivity index (χ4v) is 3.00. The van der Waals surface area contributed by atoms with Gasteiger partial charge in [0.25, 0.3) is 0 Å². The van der Waals surface area contributed by atoms with Crippen molar-refractivity contribution in [1.82, 2.24) is 5.16 Å². The molecule has 1 heterocycles. The zero-order valence-electron chi connectivity index (χ0n) is 11.6. The van der Waals surface area contributed by atoms with Crippen molar-refractivity contribution in [1.29, 1.82) is 0 Å². The minimum absolute atomic E-state index is 0.0220. The molecule has 3 rings (SSSR count). The van der Waals surface area contributed by atoms with E-state index in [1.807, 2.05) is 6.26 Å². The van der Waals surface area contributed by atoms with Crippen LogP contribution in [0.15, 0.2) is 27.6 Å². The number of carbonyl (C=O) groups excluding carboxylic acids is 1. The summed E-state index contributed by atoms with van der Waals surface area (Å²) in [6.07, 6.45) is 3.64. The van der Waals surface area contributed by atoms with Gasteiger partial charge in [0, 0.05) is 16.4 Å². The Morgan fingerprint density at radius 1 is 1.41 bits per heavy atom. The molecule has 1 N–H and O–H groups in total. The molecule has 7 heteroatoms. The maximum Gasteiger partial charge on any atom is 0.358 e. The monoisotopic (exact) mass is 337 g/mol. The molecule has 2 aromatic rings. The van der Waals surface area contributed by atoms with Crippen LogP contribution in [0.2, 0.25) is 5.02 Å². The van der Waals surface area contributed by atoms with E-state index in [4.69, 9.17) is 16.1 Å². The number of hydrogen-bond acceptors (Lipinski definition) is 5. The van der Waals surface area contributed by atoms with Crippen molar-refractivity contribution in [3.63, 3.8) is 0 Å². The number of benzene rings is 1. The van der Waals surface area contributed by atoms with Gasteiger partial charge < -0.3 is 9.63 Å². The van der Waals surface area contributed by atoms with Crippen molar-refractivity contribution in [2.45, 2.75) is 23.7 Å². The first kappa shape index (κ1) is 15.1. The molecule has 1 saturated carbocycles. The average molecular weight is 338 g/mol. The first-order valence-electron chi connectivity index (χ1n) is 6.64. The topological polar surface area (TPSA) is 80.4 Å². The number of carbonyl (C=O) groups is 2. The van der Waals surface area contributed by atoms with E-state index in [2.05, 4.69) is 5.16 Å². The Kier molecular flexibility index (Phi) is 3.97. The zero-order chi connectivity index (χ0) is 15.9. The van der Waals surface area contributed by atoms with Crippen LogP contribution in [-0.2, 0) is 0 Å². The number of aromatic nitrogens is 1. The van der Waals surface area contributed by atoms with E-state index in [1.54, 1.807) is 18.2 Å². The lowest BCUT2D eigenvalue weighted by atomic mass is 9.99. The molecule has 1 aromatic heterocycles. The van der Waals surface area contributed by atoms with Gasteiger partial charge in [-0.25, -0.2) is 4.79 Å². The molecule has 0 saturated heterocycles. The van der Waals surface area contributed by atoms with Crippen molar-refractivity contribution in [2.24, 2.45) is 0 Å². The molecule has 0 aliphatic heterocycles. The van der Waals surface area contributed by atoms with Crippen molar-refractivity contribution >= 4 is 35.1 Å². The summed E-state index contributed by atoms with van der Waals surface area (Å²) in [7, 11) is 0. The van der Waals surface area contributed by atoms with Crippen LogP contribution in [0.5, 0.6) is 0 Å². The molecule has 0 amide bonds. The minimum atomic E-state index is -1.28. The number of aromatic carboxylic acids is 1. The molecule has 1 aliphatic carbocycles. The first-order valence-corrected chi connectivity index (χ1v) is 8.24. The van der Waals surface area contributed by atoms with Gasteiger partial charge in [-0.3, -0.25) is 4.79 Å². The first-order chi connectivity index (χ1) is 10.5. The Morgan fingerprint density at radius 3 is 2.68 bits per heavy atom. The summed E-state index contributed by atoms with van der Waals surface area (Å²) in [5.41, 5.74) is -0.0715. The Balaban J connectivity index is 2.08. The van der Waals surface area contributed by atoms with Gasteiger partial charge in [-0.05, 0) is 37.3 Å². The number of halogens is 1. The smallest absolute Gasteiger partial charge is 0.358 e. The Bertz CT molecular complexity index is 767. The van der Waals surface area contributed by atoms with Crippen LogP contribution in [0.3, 0.4) is 0 Å². The third-order valence-corrected chi connectivity index (χ3v) is 4.56. The van der Waals surface area contributed by atoms with Crippen molar-refractivity contribution in [3.05, 3.63) is 45.8 Å². The third kappa shape index (κ3) is 2.64. The second kappa shape index (κ2) is 5.78. The second-order valence-corrected chi connectivity index (χ2v) is 6.31. The molecule has 5 nitrogen and oxygen atoms in total. The number of nitrogens with zero attached hydrogens (tertiary/aromatic N) is 1. The molecule has 0 atom stereocenters. The van der Waals surface area contributed by atoms with Gasteiger partial charge in [-0.1, -0.05) is 16.8 Å². The van der Waals surface area contributed by atoms with E-state index in [0.29, 0.717) is 5.76 Å². The second-order valence-electron chi connectivity index (χ2n) is 5.02. The summed E-state index contributed by atoms with van der Waals surface area (Å²) < 4.78 is 5.11. The highest BCUT2D eigenvalue weighted by Gasteiger charge is 2.37. The van der Waals surface area contributed by atoms with E-state index >= 15 is 0 Å². The maximum atomic E-state index is 12.8. The summed E-state index contributed by atoms with van der Waals surface area (Å²) in [6.45, 7) is 0. The van der Waals surface area contributed by atoms with Gasteiger partial charge in [0.1, 0.15) is 5.56 Å². The van der Waals surface area contributed by atoms with Gasteiger partial charge in [-0.2, -0.15) is 0 Å². The van der Waals surface area contributed by atoms with Crippen molar-refractivity contribution in [2.75, 3.05) is 6.26 Å². The van der Waals surface area contributed by atoms with Gasteiger partial charge in [0.05, 0.1) is 5.02 Å². The molecule has 1 aliphatic rings. The number of carboxylic acids is 1. The molecule has 1 aromatic carbocycles. The summed E-state index contributed by atoms with van der Waals surface area (Å²) >= 11 is 7.67. The van der Waals surface area contributed by atoms with Gasteiger partial charge in [-0.15, -0.1) is 11.8 Å². The van der Waals surface area contributed by atoms with Crippen LogP contribution in [0, 0.1) is 0 Å². The number of rotatable bonds is 5. The maximum absolute atomic E-state index is 12.8. The fourth-order valence-electron chi connectivity index (χ4n) is 2.23. The van der Waals surface area contributed by atoms with E-state index in [1.165, 1.54) is 11.8 Å². The average Bonchev–Trinajstić information content (AvgIpc) is 3.24. The lowest BCUT2D eigenvalue weighted by molar-refractivity contribution is 0.0682. The Labute approximate surface area is 135 Å². The number of carboxylic acid groups (broad SMARTS) is 1. The van der Waals surface area contributed by atoms with Crippen molar-refractivity contribution < 1.29 is 19.2 Å². The van der Waals surface area contributed by atoms with E-state index in [0.717, 1.165) is 17.7 Å². The molecule has 22 heavy (non-hydrogen) atoms. The Morgan fingerprint density at radius 2 is 2.14 bits per heavy atom. The lowest BCUT2D eigenvalue weighted by Gasteiger charge is -2.05. The fraction of sp³-hybridized carbons (Fsp3) is 0.267. The summed E-state index contributed by atoms with van der Waals surface area (Å²) in [5, 5.41) is 13.0.